The molecule has 1 aromatic carbocycles. The zero-order valence-electron chi connectivity index (χ0n) is 8.54. The first-order chi connectivity index (χ1) is 6.77. The van der Waals surface area contributed by atoms with E-state index < -0.39 is 0 Å². The van der Waals surface area contributed by atoms with Gasteiger partial charge in [-0.25, -0.2) is 0 Å². The topological polar surface area (TPSA) is 20.2 Å². The molecule has 2 heteroatoms. The lowest BCUT2D eigenvalue weighted by Gasteiger charge is -2.15. The van der Waals surface area contributed by atoms with Crippen molar-refractivity contribution in [2.75, 3.05) is 6.61 Å². The van der Waals surface area contributed by atoms with Gasteiger partial charge in [0.15, 0.2) is 0 Å². The molecule has 0 aliphatic carbocycles. The summed E-state index contributed by atoms with van der Waals surface area (Å²) in [5.74, 6) is 0.512. The van der Waals surface area contributed by atoms with Gasteiger partial charge in [0.05, 0.1) is 0 Å². The lowest BCUT2D eigenvalue weighted by molar-refractivity contribution is 0.272. The SMILES string of the molecule is CCCC(CCO)c1ccc(Br)cc1. The van der Waals surface area contributed by atoms with Crippen molar-refractivity contribution < 1.29 is 5.11 Å². The summed E-state index contributed by atoms with van der Waals surface area (Å²) < 4.78 is 1.11. The van der Waals surface area contributed by atoms with Crippen molar-refractivity contribution in [3.05, 3.63) is 34.3 Å². The number of aliphatic hydroxyl groups is 1. The first kappa shape index (κ1) is 11.7. The van der Waals surface area contributed by atoms with Crippen LogP contribution >= 0.6 is 15.9 Å². The van der Waals surface area contributed by atoms with Crippen LogP contribution in [0.15, 0.2) is 28.7 Å². The summed E-state index contributed by atoms with van der Waals surface area (Å²) in [6.07, 6.45) is 3.19. The van der Waals surface area contributed by atoms with Crippen molar-refractivity contribution >= 4 is 15.9 Å². The molecule has 78 valence electrons. The first-order valence-corrected chi connectivity index (χ1v) is 5.93. The predicted octanol–water partition coefficient (Wildman–Crippen LogP) is 3.72. The lowest BCUT2D eigenvalue weighted by Crippen LogP contribution is -2.01. The van der Waals surface area contributed by atoms with Crippen LogP contribution in [0.2, 0.25) is 0 Å². The maximum absolute atomic E-state index is 8.97. The van der Waals surface area contributed by atoms with Gasteiger partial charge < -0.3 is 5.11 Å². The van der Waals surface area contributed by atoms with E-state index in [1.54, 1.807) is 0 Å². The Hall–Kier alpha value is -0.340. The van der Waals surface area contributed by atoms with Crippen LogP contribution < -0.4 is 0 Å². The maximum atomic E-state index is 8.97. The quantitative estimate of drug-likeness (QED) is 0.852. The van der Waals surface area contributed by atoms with Crippen LogP contribution in [0.1, 0.15) is 37.7 Å². The van der Waals surface area contributed by atoms with Gasteiger partial charge in [0.1, 0.15) is 0 Å². The Kier molecular flexibility index (Phi) is 5.20. The molecule has 1 nitrogen and oxygen atoms in total. The van der Waals surface area contributed by atoms with E-state index in [2.05, 4.69) is 47.1 Å². The molecule has 0 fully saturated rings. The number of hydrogen-bond acceptors (Lipinski definition) is 1. The highest BCUT2D eigenvalue weighted by atomic mass is 79.9. The van der Waals surface area contributed by atoms with Crippen molar-refractivity contribution in [2.24, 2.45) is 0 Å². The number of aliphatic hydroxyl groups excluding tert-OH is 1. The normalized spacial score (nSPS) is 12.8. The molecule has 0 aliphatic heterocycles. The third-order valence-electron chi connectivity index (χ3n) is 2.46. The fourth-order valence-corrected chi connectivity index (χ4v) is 1.98. The molecule has 0 heterocycles. The molecular formula is C12H17BrO. The van der Waals surface area contributed by atoms with Gasteiger partial charge in [-0.3, -0.25) is 0 Å². The third-order valence-corrected chi connectivity index (χ3v) is 2.98. The second-order valence-electron chi connectivity index (χ2n) is 3.55. The number of hydrogen-bond donors (Lipinski definition) is 1. The predicted molar refractivity (Wildman–Crippen MR) is 63.5 cm³/mol. The lowest BCUT2D eigenvalue weighted by atomic mass is 9.92. The summed E-state index contributed by atoms with van der Waals surface area (Å²) in [4.78, 5) is 0. The van der Waals surface area contributed by atoms with Crippen LogP contribution in [0.4, 0.5) is 0 Å². The largest absolute Gasteiger partial charge is 0.396 e. The second kappa shape index (κ2) is 6.20. The summed E-state index contributed by atoms with van der Waals surface area (Å²) in [6, 6.07) is 8.41. The van der Waals surface area contributed by atoms with Crippen molar-refractivity contribution in [1.82, 2.24) is 0 Å². The number of rotatable bonds is 5. The summed E-state index contributed by atoms with van der Waals surface area (Å²) in [5.41, 5.74) is 1.34. The minimum Gasteiger partial charge on any atom is -0.396 e. The van der Waals surface area contributed by atoms with Gasteiger partial charge in [0.25, 0.3) is 0 Å². The Balaban J connectivity index is 2.71. The fraction of sp³-hybridized carbons (Fsp3) is 0.500. The van der Waals surface area contributed by atoms with Crippen molar-refractivity contribution in [3.63, 3.8) is 0 Å². The Morgan fingerprint density at radius 1 is 1.21 bits per heavy atom. The van der Waals surface area contributed by atoms with Crippen LogP contribution in [0.25, 0.3) is 0 Å². The molecule has 0 bridgehead atoms. The van der Waals surface area contributed by atoms with E-state index in [9.17, 15) is 0 Å². The third kappa shape index (κ3) is 3.43. The molecule has 1 rings (SSSR count). The molecule has 1 unspecified atom stereocenters. The smallest absolute Gasteiger partial charge is 0.0436 e. The molecule has 0 radical (unpaired) electrons. The van der Waals surface area contributed by atoms with Gasteiger partial charge in [-0.05, 0) is 36.5 Å². The zero-order chi connectivity index (χ0) is 10.4. The molecular weight excluding hydrogens is 240 g/mol. The highest BCUT2D eigenvalue weighted by Crippen LogP contribution is 2.25. The van der Waals surface area contributed by atoms with E-state index >= 15 is 0 Å². The molecule has 0 aliphatic rings. The molecule has 1 aromatic rings. The molecule has 0 saturated carbocycles. The highest BCUT2D eigenvalue weighted by molar-refractivity contribution is 9.10. The van der Waals surface area contributed by atoms with Gasteiger partial charge >= 0.3 is 0 Å². The Labute approximate surface area is 94.3 Å². The van der Waals surface area contributed by atoms with Crippen LogP contribution in [-0.4, -0.2) is 11.7 Å². The standard InChI is InChI=1S/C12H17BrO/c1-2-3-10(8-9-14)11-4-6-12(13)7-5-11/h4-7,10,14H,2-3,8-9H2,1H3. The van der Waals surface area contributed by atoms with E-state index in [-0.39, 0.29) is 6.61 Å². The Morgan fingerprint density at radius 2 is 1.86 bits per heavy atom. The summed E-state index contributed by atoms with van der Waals surface area (Å²) >= 11 is 3.42. The van der Waals surface area contributed by atoms with Gasteiger partial charge in [-0.1, -0.05) is 41.4 Å². The summed E-state index contributed by atoms with van der Waals surface area (Å²) in [6.45, 7) is 2.46. The van der Waals surface area contributed by atoms with Gasteiger partial charge in [-0.2, -0.15) is 0 Å². The molecule has 1 atom stereocenters. The molecule has 0 amide bonds. The average Bonchev–Trinajstić information content (AvgIpc) is 2.19. The highest BCUT2D eigenvalue weighted by Gasteiger charge is 2.09. The minimum absolute atomic E-state index is 0.279. The first-order valence-electron chi connectivity index (χ1n) is 5.14. The monoisotopic (exact) mass is 256 g/mol. The molecule has 0 spiro atoms. The van der Waals surface area contributed by atoms with Gasteiger partial charge in [-0.15, -0.1) is 0 Å². The molecule has 0 aromatic heterocycles. The Morgan fingerprint density at radius 3 is 2.36 bits per heavy atom. The summed E-state index contributed by atoms with van der Waals surface area (Å²) in [7, 11) is 0. The van der Waals surface area contributed by atoms with Crippen LogP contribution in [-0.2, 0) is 0 Å². The second-order valence-corrected chi connectivity index (χ2v) is 4.47. The Bertz CT molecular complexity index is 250. The number of benzene rings is 1. The van der Waals surface area contributed by atoms with E-state index in [1.165, 1.54) is 12.0 Å². The maximum Gasteiger partial charge on any atom is 0.0436 e. The van der Waals surface area contributed by atoms with Crippen molar-refractivity contribution in [3.8, 4) is 0 Å². The van der Waals surface area contributed by atoms with Crippen LogP contribution in [0.5, 0.6) is 0 Å². The van der Waals surface area contributed by atoms with Crippen LogP contribution in [0.3, 0.4) is 0 Å². The van der Waals surface area contributed by atoms with Crippen LogP contribution in [0, 0.1) is 0 Å². The van der Waals surface area contributed by atoms with E-state index in [4.69, 9.17) is 5.11 Å². The molecule has 1 N–H and O–H groups in total. The van der Waals surface area contributed by atoms with Gasteiger partial charge in [0.2, 0.25) is 0 Å². The van der Waals surface area contributed by atoms with E-state index in [1.807, 2.05) is 0 Å². The van der Waals surface area contributed by atoms with E-state index in [0.29, 0.717) is 5.92 Å². The van der Waals surface area contributed by atoms with Crippen molar-refractivity contribution in [2.45, 2.75) is 32.1 Å². The van der Waals surface area contributed by atoms with Crippen molar-refractivity contribution in [1.29, 1.82) is 0 Å². The number of halogens is 1. The zero-order valence-corrected chi connectivity index (χ0v) is 10.1. The van der Waals surface area contributed by atoms with Gasteiger partial charge in [0, 0.05) is 11.1 Å². The average molecular weight is 257 g/mol. The van der Waals surface area contributed by atoms with E-state index in [0.717, 1.165) is 17.3 Å². The molecule has 0 saturated heterocycles. The minimum atomic E-state index is 0.279. The summed E-state index contributed by atoms with van der Waals surface area (Å²) in [5, 5.41) is 8.97. The fourth-order valence-electron chi connectivity index (χ4n) is 1.72. The molecule has 14 heavy (non-hydrogen) atoms.